The minimum atomic E-state index is -0.459. The van der Waals surface area contributed by atoms with Crippen molar-refractivity contribution in [3.8, 4) is 5.75 Å². The van der Waals surface area contributed by atoms with Gasteiger partial charge < -0.3 is 15.4 Å². The summed E-state index contributed by atoms with van der Waals surface area (Å²) in [4.78, 5) is 22.7. The van der Waals surface area contributed by atoms with Crippen molar-refractivity contribution in [2.45, 2.75) is 38.7 Å². The number of carbonyl (C=O) groups excluding carboxylic acids is 1. The highest BCUT2D eigenvalue weighted by molar-refractivity contribution is 5.94. The molecule has 2 aromatic rings. The van der Waals surface area contributed by atoms with E-state index in [1.807, 2.05) is 24.3 Å². The maximum absolute atomic E-state index is 12.2. The van der Waals surface area contributed by atoms with Gasteiger partial charge in [0.2, 0.25) is 5.91 Å². The lowest BCUT2D eigenvalue weighted by atomic mass is 10.1. The molecule has 1 saturated carbocycles. The monoisotopic (exact) mass is 369 g/mol. The summed E-state index contributed by atoms with van der Waals surface area (Å²) >= 11 is 0. The average molecular weight is 369 g/mol. The van der Waals surface area contributed by atoms with Crippen LogP contribution in [-0.4, -0.2) is 23.5 Å². The summed E-state index contributed by atoms with van der Waals surface area (Å²) < 4.78 is 5.97. The normalized spacial score (nSPS) is 14.0. The Balaban J connectivity index is 1.56. The Kier molecular flexibility index (Phi) is 5.90. The van der Waals surface area contributed by atoms with Crippen LogP contribution in [0.3, 0.4) is 0 Å². The van der Waals surface area contributed by atoms with E-state index in [9.17, 15) is 14.9 Å². The molecule has 2 N–H and O–H groups in total. The van der Waals surface area contributed by atoms with Crippen LogP contribution in [0.25, 0.3) is 0 Å². The maximum Gasteiger partial charge on any atom is 0.274 e. The first kappa shape index (κ1) is 18.7. The number of nitro benzene ring substituents is 1. The van der Waals surface area contributed by atoms with E-state index >= 15 is 0 Å². The molecule has 0 aromatic heterocycles. The van der Waals surface area contributed by atoms with Crippen LogP contribution < -0.4 is 15.4 Å². The Labute approximate surface area is 157 Å². The summed E-state index contributed by atoms with van der Waals surface area (Å²) in [6.45, 7) is 1.67. The van der Waals surface area contributed by atoms with E-state index < -0.39 is 4.92 Å². The number of benzene rings is 2. The molecule has 2 aromatic carbocycles. The Hall–Kier alpha value is -3.09. The highest BCUT2D eigenvalue weighted by Crippen LogP contribution is 2.26. The number of carbonyl (C=O) groups is 1. The molecule has 7 heteroatoms. The Bertz CT molecular complexity index is 832. The highest BCUT2D eigenvalue weighted by Gasteiger charge is 2.17. The quantitative estimate of drug-likeness (QED) is 0.561. The fourth-order valence-corrected chi connectivity index (χ4v) is 3.21. The van der Waals surface area contributed by atoms with E-state index in [2.05, 4.69) is 10.6 Å². The summed E-state index contributed by atoms with van der Waals surface area (Å²) in [5.74, 6) is 0.516. The topological polar surface area (TPSA) is 93.5 Å². The van der Waals surface area contributed by atoms with E-state index in [1.54, 1.807) is 19.1 Å². The van der Waals surface area contributed by atoms with E-state index in [1.165, 1.54) is 18.9 Å². The molecule has 27 heavy (non-hydrogen) atoms. The number of nitrogens with one attached hydrogen (secondary N) is 2. The first-order valence-electron chi connectivity index (χ1n) is 9.07. The lowest BCUT2D eigenvalue weighted by molar-refractivity contribution is -0.385. The number of hydrogen-bond acceptors (Lipinski definition) is 5. The van der Waals surface area contributed by atoms with Crippen molar-refractivity contribution in [2.75, 3.05) is 17.2 Å². The van der Waals surface area contributed by atoms with E-state index in [0.29, 0.717) is 11.3 Å². The molecule has 0 atom stereocenters. The molecule has 0 heterocycles. The predicted molar refractivity (Wildman–Crippen MR) is 104 cm³/mol. The van der Waals surface area contributed by atoms with Crippen molar-refractivity contribution < 1.29 is 14.5 Å². The summed E-state index contributed by atoms with van der Waals surface area (Å²) in [6.07, 6.45) is 4.87. The van der Waals surface area contributed by atoms with Gasteiger partial charge >= 0.3 is 0 Å². The number of nitro groups is 1. The van der Waals surface area contributed by atoms with Gasteiger partial charge in [-0.1, -0.05) is 12.1 Å². The zero-order chi connectivity index (χ0) is 19.2. The SMILES string of the molecule is Cc1c(NC(=O)CNc2cccc(OC3CCCC3)c2)cccc1[N+](=O)[O-]. The number of ether oxygens (including phenoxy) is 1. The second-order valence-corrected chi connectivity index (χ2v) is 6.66. The molecule has 3 rings (SSSR count). The summed E-state index contributed by atoms with van der Waals surface area (Å²) in [6, 6.07) is 12.2. The van der Waals surface area contributed by atoms with Crippen LogP contribution in [0.5, 0.6) is 5.75 Å². The third-order valence-corrected chi connectivity index (χ3v) is 4.67. The molecule has 0 unspecified atom stereocenters. The van der Waals surface area contributed by atoms with Gasteiger partial charge in [0.25, 0.3) is 5.69 Å². The van der Waals surface area contributed by atoms with Gasteiger partial charge in [0.15, 0.2) is 0 Å². The van der Waals surface area contributed by atoms with E-state index in [4.69, 9.17) is 4.74 Å². The van der Waals surface area contributed by atoms with Crippen LogP contribution in [0, 0.1) is 17.0 Å². The highest BCUT2D eigenvalue weighted by atomic mass is 16.6. The molecule has 1 aliphatic rings. The number of hydrogen-bond donors (Lipinski definition) is 2. The maximum atomic E-state index is 12.2. The lowest BCUT2D eigenvalue weighted by Crippen LogP contribution is -2.22. The second kappa shape index (κ2) is 8.53. The number of anilines is 2. The van der Waals surface area contributed by atoms with Gasteiger partial charge in [0.05, 0.1) is 28.8 Å². The van der Waals surface area contributed by atoms with Crippen LogP contribution in [0.1, 0.15) is 31.2 Å². The molecular weight excluding hydrogens is 346 g/mol. The number of amides is 1. The van der Waals surface area contributed by atoms with E-state index in [0.717, 1.165) is 24.3 Å². The van der Waals surface area contributed by atoms with Crippen molar-refractivity contribution in [2.24, 2.45) is 0 Å². The van der Waals surface area contributed by atoms with Gasteiger partial charge in [-0.2, -0.15) is 0 Å². The Morgan fingerprint density at radius 2 is 1.96 bits per heavy atom. The molecule has 1 amide bonds. The minimum Gasteiger partial charge on any atom is -0.490 e. The smallest absolute Gasteiger partial charge is 0.274 e. The van der Waals surface area contributed by atoms with Crippen LogP contribution in [0.2, 0.25) is 0 Å². The number of nitrogens with zero attached hydrogens (tertiary/aromatic N) is 1. The third kappa shape index (κ3) is 4.97. The first-order valence-corrected chi connectivity index (χ1v) is 9.07. The largest absolute Gasteiger partial charge is 0.490 e. The zero-order valence-corrected chi connectivity index (χ0v) is 15.2. The molecule has 0 spiro atoms. The van der Waals surface area contributed by atoms with Gasteiger partial charge in [0, 0.05) is 17.8 Å². The van der Waals surface area contributed by atoms with Crippen molar-refractivity contribution in [1.82, 2.24) is 0 Å². The van der Waals surface area contributed by atoms with Crippen LogP contribution in [-0.2, 0) is 4.79 Å². The Morgan fingerprint density at radius 1 is 1.22 bits per heavy atom. The lowest BCUT2D eigenvalue weighted by Gasteiger charge is -2.14. The summed E-state index contributed by atoms with van der Waals surface area (Å²) in [5, 5.41) is 16.8. The second-order valence-electron chi connectivity index (χ2n) is 6.66. The molecular formula is C20H23N3O4. The molecule has 0 bridgehead atoms. The van der Waals surface area contributed by atoms with Crippen LogP contribution in [0.15, 0.2) is 42.5 Å². The first-order chi connectivity index (χ1) is 13.0. The molecule has 0 saturated heterocycles. The van der Waals surface area contributed by atoms with Gasteiger partial charge in [-0.05, 0) is 50.8 Å². The molecule has 0 radical (unpaired) electrons. The number of rotatable bonds is 7. The summed E-state index contributed by atoms with van der Waals surface area (Å²) in [7, 11) is 0. The van der Waals surface area contributed by atoms with Crippen molar-refractivity contribution in [1.29, 1.82) is 0 Å². The zero-order valence-electron chi connectivity index (χ0n) is 15.2. The third-order valence-electron chi connectivity index (χ3n) is 4.67. The fourth-order valence-electron chi connectivity index (χ4n) is 3.21. The summed E-state index contributed by atoms with van der Waals surface area (Å²) in [5.41, 5.74) is 1.64. The van der Waals surface area contributed by atoms with Crippen LogP contribution >= 0.6 is 0 Å². The molecule has 0 aliphatic heterocycles. The van der Waals surface area contributed by atoms with Crippen molar-refractivity contribution in [3.05, 3.63) is 58.1 Å². The van der Waals surface area contributed by atoms with Gasteiger partial charge in [-0.3, -0.25) is 14.9 Å². The molecule has 1 fully saturated rings. The van der Waals surface area contributed by atoms with Crippen molar-refractivity contribution >= 4 is 23.0 Å². The van der Waals surface area contributed by atoms with E-state index in [-0.39, 0.29) is 24.2 Å². The van der Waals surface area contributed by atoms with Crippen LogP contribution in [0.4, 0.5) is 17.1 Å². The molecule has 7 nitrogen and oxygen atoms in total. The van der Waals surface area contributed by atoms with Gasteiger partial charge in [0.1, 0.15) is 5.75 Å². The predicted octanol–water partition coefficient (Wildman–Crippen LogP) is 4.28. The van der Waals surface area contributed by atoms with Gasteiger partial charge in [-0.15, -0.1) is 0 Å². The standard InChI is InChI=1S/C20H23N3O4/c1-14-18(10-5-11-19(14)23(25)26)22-20(24)13-21-15-6-4-9-17(12-15)27-16-7-2-3-8-16/h4-6,9-12,16,21H,2-3,7-8,13H2,1H3,(H,22,24). The minimum absolute atomic E-state index is 0.0162. The van der Waals surface area contributed by atoms with Gasteiger partial charge in [-0.25, -0.2) is 0 Å². The Morgan fingerprint density at radius 3 is 2.70 bits per heavy atom. The average Bonchev–Trinajstić information content (AvgIpc) is 3.15. The molecule has 142 valence electrons. The molecule has 1 aliphatic carbocycles. The fraction of sp³-hybridized carbons (Fsp3) is 0.350. The van der Waals surface area contributed by atoms with Crippen molar-refractivity contribution in [3.63, 3.8) is 0 Å².